The Morgan fingerprint density at radius 2 is 2.04 bits per heavy atom. The first-order chi connectivity index (χ1) is 11.1. The SMILES string of the molecule is CCOC(=O)c1oc2ccc(Cl)cc2c1CN1CCN(C)CC1. The van der Waals surface area contributed by atoms with E-state index in [1.807, 2.05) is 6.07 Å². The third-order valence-corrected chi connectivity index (χ3v) is 4.43. The molecule has 1 aromatic heterocycles. The van der Waals surface area contributed by atoms with Gasteiger partial charge >= 0.3 is 5.97 Å². The highest BCUT2D eigenvalue weighted by Gasteiger charge is 2.24. The number of carbonyl (C=O) groups is 1. The highest BCUT2D eigenvalue weighted by Crippen LogP contribution is 2.30. The van der Waals surface area contributed by atoms with Gasteiger partial charge in [-0.25, -0.2) is 4.79 Å². The molecule has 0 spiro atoms. The summed E-state index contributed by atoms with van der Waals surface area (Å²) in [5.74, 6) is -0.119. The lowest BCUT2D eigenvalue weighted by molar-refractivity contribution is 0.0488. The van der Waals surface area contributed by atoms with E-state index in [1.165, 1.54) is 0 Å². The van der Waals surface area contributed by atoms with Gasteiger partial charge in [0, 0.05) is 48.7 Å². The van der Waals surface area contributed by atoms with Crippen LogP contribution in [-0.2, 0) is 11.3 Å². The van der Waals surface area contributed by atoms with Crippen LogP contribution in [0, 0.1) is 0 Å². The van der Waals surface area contributed by atoms with Gasteiger partial charge in [0.15, 0.2) is 0 Å². The van der Waals surface area contributed by atoms with Gasteiger partial charge in [0.25, 0.3) is 0 Å². The lowest BCUT2D eigenvalue weighted by Crippen LogP contribution is -2.44. The van der Waals surface area contributed by atoms with Crippen molar-refractivity contribution in [1.29, 1.82) is 0 Å². The second-order valence-corrected chi connectivity index (χ2v) is 6.29. The van der Waals surface area contributed by atoms with E-state index < -0.39 is 5.97 Å². The quantitative estimate of drug-likeness (QED) is 0.803. The van der Waals surface area contributed by atoms with Crippen LogP contribution in [0.4, 0.5) is 0 Å². The summed E-state index contributed by atoms with van der Waals surface area (Å²) >= 11 is 6.12. The number of rotatable bonds is 4. The number of esters is 1. The van der Waals surface area contributed by atoms with Crippen LogP contribution in [0.2, 0.25) is 5.02 Å². The molecule has 1 fully saturated rings. The van der Waals surface area contributed by atoms with Crippen molar-refractivity contribution in [3.8, 4) is 0 Å². The Hall–Kier alpha value is -1.56. The summed E-state index contributed by atoms with van der Waals surface area (Å²) in [5.41, 5.74) is 1.53. The Morgan fingerprint density at radius 1 is 1.30 bits per heavy atom. The van der Waals surface area contributed by atoms with Gasteiger partial charge in [0.05, 0.1) is 6.61 Å². The fourth-order valence-electron chi connectivity index (χ4n) is 2.87. The molecular weight excluding hydrogens is 316 g/mol. The zero-order chi connectivity index (χ0) is 16.4. The zero-order valence-electron chi connectivity index (χ0n) is 13.5. The standard InChI is InChI=1S/C17H21ClN2O3/c1-3-22-17(21)16-14(11-20-8-6-19(2)7-9-20)13-10-12(18)4-5-15(13)23-16/h4-5,10H,3,6-9,11H2,1-2H3. The minimum atomic E-state index is -0.413. The second kappa shape index (κ2) is 6.91. The van der Waals surface area contributed by atoms with Gasteiger partial charge < -0.3 is 14.1 Å². The molecule has 1 aromatic carbocycles. The third-order valence-electron chi connectivity index (χ3n) is 4.19. The molecule has 0 atom stereocenters. The van der Waals surface area contributed by atoms with E-state index in [2.05, 4.69) is 16.8 Å². The van der Waals surface area contributed by atoms with Crippen molar-refractivity contribution < 1.29 is 13.9 Å². The molecule has 0 unspecified atom stereocenters. The average Bonchev–Trinajstić information content (AvgIpc) is 2.88. The molecule has 23 heavy (non-hydrogen) atoms. The van der Waals surface area contributed by atoms with Crippen LogP contribution in [0.3, 0.4) is 0 Å². The molecule has 1 aliphatic heterocycles. The number of carbonyl (C=O) groups excluding carboxylic acids is 1. The summed E-state index contributed by atoms with van der Waals surface area (Å²) in [7, 11) is 2.12. The first kappa shape index (κ1) is 16.3. The van der Waals surface area contributed by atoms with Gasteiger partial charge in [-0.3, -0.25) is 4.90 Å². The Kier molecular flexibility index (Phi) is 4.90. The van der Waals surface area contributed by atoms with Crippen molar-refractivity contribution in [2.24, 2.45) is 0 Å². The molecule has 0 bridgehead atoms. The fourth-order valence-corrected chi connectivity index (χ4v) is 3.04. The summed E-state index contributed by atoms with van der Waals surface area (Å²) < 4.78 is 10.9. The molecule has 1 saturated heterocycles. The Labute approximate surface area is 140 Å². The normalized spacial score (nSPS) is 16.8. The molecule has 0 radical (unpaired) electrons. The predicted molar refractivity (Wildman–Crippen MR) is 90.0 cm³/mol. The lowest BCUT2D eigenvalue weighted by Gasteiger charge is -2.32. The molecule has 0 aliphatic carbocycles. The lowest BCUT2D eigenvalue weighted by atomic mass is 10.1. The second-order valence-electron chi connectivity index (χ2n) is 5.85. The summed E-state index contributed by atoms with van der Waals surface area (Å²) in [6.07, 6.45) is 0. The van der Waals surface area contributed by atoms with Gasteiger partial charge in [-0.2, -0.15) is 0 Å². The van der Waals surface area contributed by atoms with Crippen molar-refractivity contribution in [1.82, 2.24) is 9.80 Å². The largest absolute Gasteiger partial charge is 0.460 e. The smallest absolute Gasteiger partial charge is 0.374 e. The van der Waals surface area contributed by atoms with E-state index in [0.29, 0.717) is 29.5 Å². The number of hydrogen-bond donors (Lipinski definition) is 0. The molecule has 2 heterocycles. The van der Waals surface area contributed by atoms with Gasteiger partial charge in [0.1, 0.15) is 5.58 Å². The monoisotopic (exact) mass is 336 g/mol. The zero-order valence-corrected chi connectivity index (χ0v) is 14.2. The molecule has 0 N–H and O–H groups in total. The van der Waals surface area contributed by atoms with Crippen molar-refractivity contribution in [2.45, 2.75) is 13.5 Å². The number of benzene rings is 1. The van der Waals surface area contributed by atoms with E-state index in [-0.39, 0.29) is 0 Å². The average molecular weight is 337 g/mol. The molecule has 6 heteroatoms. The molecule has 1 aliphatic rings. The van der Waals surface area contributed by atoms with Crippen molar-refractivity contribution in [3.05, 3.63) is 34.5 Å². The van der Waals surface area contributed by atoms with Crippen LogP contribution in [0.25, 0.3) is 11.0 Å². The Morgan fingerprint density at radius 3 is 2.74 bits per heavy atom. The van der Waals surface area contributed by atoms with E-state index >= 15 is 0 Å². The molecule has 0 amide bonds. The molecule has 5 nitrogen and oxygen atoms in total. The number of likely N-dealkylation sites (N-methyl/N-ethyl adjacent to an activating group) is 1. The highest BCUT2D eigenvalue weighted by molar-refractivity contribution is 6.31. The van der Waals surface area contributed by atoms with E-state index in [0.717, 1.165) is 37.1 Å². The van der Waals surface area contributed by atoms with Gasteiger partial charge in [-0.05, 0) is 32.2 Å². The molecular formula is C17H21ClN2O3. The topological polar surface area (TPSA) is 45.9 Å². The van der Waals surface area contributed by atoms with Gasteiger partial charge in [-0.15, -0.1) is 0 Å². The van der Waals surface area contributed by atoms with Crippen LogP contribution in [0.5, 0.6) is 0 Å². The molecule has 3 rings (SSSR count). The van der Waals surface area contributed by atoms with E-state index in [9.17, 15) is 4.79 Å². The molecule has 0 saturated carbocycles. The van der Waals surface area contributed by atoms with Crippen molar-refractivity contribution >= 4 is 28.5 Å². The Bertz CT molecular complexity index is 705. The maximum atomic E-state index is 12.2. The number of ether oxygens (including phenoxy) is 1. The number of piperazine rings is 1. The maximum absolute atomic E-state index is 12.2. The minimum Gasteiger partial charge on any atom is -0.460 e. The number of furan rings is 1. The van der Waals surface area contributed by atoms with Crippen LogP contribution in [-0.4, -0.2) is 55.6 Å². The summed E-state index contributed by atoms with van der Waals surface area (Å²) in [5, 5.41) is 1.52. The summed E-state index contributed by atoms with van der Waals surface area (Å²) in [4.78, 5) is 16.9. The minimum absolute atomic E-state index is 0.294. The van der Waals surface area contributed by atoms with Crippen molar-refractivity contribution in [3.63, 3.8) is 0 Å². The summed E-state index contributed by atoms with van der Waals surface area (Å²) in [6.45, 7) is 6.74. The third kappa shape index (κ3) is 3.52. The van der Waals surface area contributed by atoms with Crippen LogP contribution >= 0.6 is 11.6 Å². The van der Waals surface area contributed by atoms with Gasteiger partial charge in [0.2, 0.25) is 5.76 Å². The van der Waals surface area contributed by atoms with E-state index in [4.69, 9.17) is 20.8 Å². The predicted octanol–water partition coefficient (Wildman–Crippen LogP) is 3.01. The first-order valence-electron chi connectivity index (χ1n) is 7.87. The van der Waals surface area contributed by atoms with Crippen molar-refractivity contribution in [2.75, 3.05) is 39.8 Å². The maximum Gasteiger partial charge on any atom is 0.374 e. The number of hydrogen-bond acceptors (Lipinski definition) is 5. The highest BCUT2D eigenvalue weighted by atomic mass is 35.5. The van der Waals surface area contributed by atoms with E-state index in [1.54, 1.807) is 19.1 Å². The molecule has 2 aromatic rings. The van der Waals surface area contributed by atoms with Crippen LogP contribution in [0.15, 0.2) is 22.6 Å². The first-order valence-corrected chi connectivity index (χ1v) is 8.25. The fraction of sp³-hybridized carbons (Fsp3) is 0.471. The van der Waals surface area contributed by atoms with Crippen LogP contribution < -0.4 is 0 Å². The molecule has 124 valence electrons. The number of fused-ring (bicyclic) bond motifs is 1. The van der Waals surface area contributed by atoms with Crippen LogP contribution in [0.1, 0.15) is 23.0 Å². The Balaban J connectivity index is 1.96. The van der Waals surface area contributed by atoms with Gasteiger partial charge in [-0.1, -0.05) is 11.6 Å². The summed E-state index contributed by atoms with van der Waals surface area (Å²) in [6, 6.07) is 5.42. The number of nitrogens with zero attached hydrogens (tertiary/aromatic N) is 2. The number of halogens is 1.